The molecule has 34 heavy (non-hydrogen) atoms. The van der Waals surface area contributed by atoms with Gasteiger partial charge in [0.05, 0.1) is 11.4 Å². The third kappa shape index (κ3) is 3.82. The molecule has 6 nitrogen and oxygen atoms in total. The Bertz CT molecular complexity index is 1640. The van der Waals surface area contributed by atoms with Crippen molar-refractivity contribution in [1.82, 2.24) is 14.5 Å². The second kappa shape index (κ2) is 8.14. The van der Waals surface area contributed by atoms with Gasteiger partial charge in [0.2, 0.25) is 10.0 Å². The van der Waals surface area contributed by atoms with Gasteiger partial charge in [-0.15, -0.1) is 0 Å². The first-order valence-corrected chi connectivity index (χ1v) is 12.9. The largest absolute Gasteiger partial charge is 0.361 e. The highest BCUT2D eigenvalue weighted by Crippen LogP contribution is 2.43. The van der Waals surface area contributed by atoms with E-state index in [9.17, 15) is 12.8 Å². The summed E-state index contributed by atoms with van der Waals surface area (Å²) in [5, 5.41) is 7.20. The summed E-state index contributed by atoms with van der Waals surface area (Å²) in [6.07, 6.45) is 3.72. The number of aromatic nitrogens is 3. The summed E-state index contributed by atoms with van der Waals surface area (Å²) in [7, 11) is -3.56. The fourth-order valence-electron chi connectivity index (χ4n) is 4.98. The maximum Gasteiger partial charge on any atom is 0.210 e. The van der Waals surface area contributed by atoms with Gasteiger partial charge in [-0.3, -0.25) is 0 Å². The monoisotopic (exact) mass is 478 g/mol. The van der Waals surface area contributed by atoms with Crippen LogP contribution in [0.2, 0.25) is 0 Å². The van der Waals surface area contributed by atoms with Crippen LogP contribution in [0.4, 0.5) is 4.39 Å². The summed E-state index contributed by atoms with van der Waals surface area (Å²) in [6, 6.07) is 13.1. The molecule has 0 unspecified atom stereocenters. The average molecular weight is 479 g/mol. The van der Waals surface area contributed by atoms with E-state index in [2.05, 4.69) is 29.9 Å². The summed E-state index contributed by atoms with van der Waals surface area (Å²) in [6.45, 7) is 6.60. The van der Waals surface area contributed by atoms with E-state index < -0.39 is 10.0 Å². The van der Waals surface area contributed by atoms with Crippen LogP contribution in [0.25, 0.3) is 44.2 Å². The number of rotatable bonds is 6. The van der Waals surface area contributed by atoms with Crippen molar-refractivity contribution >= 4 is 31.8 Å². The minimum Gasteiger partial charge on any atom is -0.361 e. The third-order valence-corrected chi connectivity index (χ3v) is 7.16. The van der Waals surface area contributed by atoms with Gasteiger partial charge in [-0.25, -0.2) is 17.9 Å². The number of fused-ring (bicyclic) bond motifs is 2. The standard InChI is InChI=1S/C26H27FN4O2S/c1-15(2)24-25(16(3)30-26(24)21-13-17(27)14-22-18(21)7-9-29-22)20-5-4-6-23-19(20)8-10-31(23)11-12-34(28,32)33/h4-10,13-15,29-30H,11-12H2,1-3H3,(H2,28,32,33). The fourth-order valence-corrected chi connectivity index (χ4v) is 5.43. The molecule has 5 rings (SSSR count). The molecule has 0 aliphatic rings. The first-order chi connectivity index (χ1) is 16.1. The minimum atomic E-state index is -3.56. The summed E-state index contributed by atoms with van der Waals surface area (Å²) >= 11 is 0. The summed E-state index contributed by atoms with van der Waals surface area (Å²) in [4.78, 5) is 6.67. The van der Waals surface area contributed by atoms with E-state index >= 15 is 0 Å². The highest BCUT2D eigenvalue weighted by Gasteiger charge is 2.23. The first kappa shape index (κ1) is 22.4. The Hall–Kier alpha value is -3.36. The SMILES string of the molecule is Cc1[nH]c(-c2cc(F)cc3[nH]ccc23)c(C(C)C)c1-c1cccc2c1ccn2CCS(N)(=O)=O. The summed E-state index contributed by atoms with van der Waals surface area (Å²) in [5.74, 6) is -0.243. The number of hydrogen-bond acceptors (Lipinski definition) is 2. The summed E-state index contributed by atoms with van der Waals surface area (Å²) in [5.41, 5.74) is 7.70. The lowest BCUT2D eigenvalue weighted by atomic mass is 9.89. The molecule has 8 heteroatoms. The Morgan fingerprint density at radius 1 is 1.09 bits per heavy atom. The van der Waals surface area contributed by atoms with Gasteiger partial charge in [-0.05, 0) is 54.3 Å². The molecule has 3 aromatic heterocycles. The van der Waals surface area contributed by atoms with Crippen LogP contribution >= 0.6 is 0 Å². The van der Waals surface area contributed by atoms with Crippen molar-refractivity contribution in [1.29, 1.82) is 0 Å². The average Bonchev–Trinajstić information content (AvgIpc) is 3.47. The molecular formula is C26H27FN4O2S. The van der Waals surface area contributed by atoms with Gasteiger partial charge in [0.1, 0.15) is 5.82 Å². The topological polar surface area (TPSA) is 96.7 Å². The normalized spacial score (nSPS) is 12.4. The zero-order chi connectivity index (χ0) is 24.2. The van der Waals surface area contributed by atoms with Gasteiger partial charge in [-0.2, -0.15) is 0 Å². The van der Waals surface area contributed by atoms with E-state index in [0.717, 1.165) is 55.4 Å². The van der Waals surface area contributed by atoms with Crippen molar-refractivity contribution in [3.63, 3.8) is 0 Å². The second-order valence-electron chi connectivity index (χ2n) is 9.08. The number of nitrogens with zero attached hydrogens (tertiary/aromatic N) is 1. The maximum atomic E-state index is 14.5. The Kier molecular flexibility index (Phi) is 5.37. The second-order valence-corrected chi connectivity index (χ2v) is 10.8. The van der Waals surface area contributed by atoms with Crippen molar-refractivity contribution in [2.24, 2.45) is 5.14 Å². The molecule has 2 aromatic carbocycles. The molecule has 5 aromatic rings. The molecule has 4 N–H and O–H groups in total. The van der Waals surface area contributed by atoms with Crippen molar-refractivity contribution in [3.8, 4) is 22.4 Å². The molecule has 0 atom stereocenters. The molecule has 0 aliphatic carbocycles. The molecule has 0 spiro atoms. The molecule has 0 radical (unpaired) electrons. The fraction of sp³-hybridized carbons (Fsp3) is 0.231. The van der Waals surface area contributed by atoms with Crippen LogP contribution in [-0.2, 0) is 16.6 Å². The van der Waals surface area contributed by atoms with Crippen LogP contribution in [0.3, 0.4) is 0 Å². The molecule has 3 heterocycles. The minimum absolute atomic E-state index is 0.127. The molecule has 0 aliphatic heterocycles. The van der Waals surface area contributed by atoms with Crippen LogP contribution in [-0.4, -0.2) is 28.7 Å². The number of primary sulfonamides is 1. The van der Waals surface area contributed by atoms with E-state index in [1.54, 1.807) is 6.07 Å². The van der Waals surface area contributed by atoms with Gasteiger partial charge in [0.15, 0.2) is 0 Å². The van der Waals surface area contributed by atoms with E-state index in [4.69, 9.17) is 5.14 Å². The van der Waals surface area contributed by atoms with Crippen molar-refractivity contribution in [2.75, 3.05) is 5.75 Å². The first-order valence-electron chi connectivity index (χ1n) is 11.2. The van der Waals surface area contributed by atoms with Crippen LogP contribution in [0.15, 0.2) is 54.9 Å². The van der Waals surface area contributed by atoms with Crippen LogP contribution in [0, 0.1) is 12.7 Å². The van der Waals surface area contributed by atoms with E-state index in [1.807, 2.05) is 48.1 Å². The number of H-pyrrole nitrogens is 2. The van der Waals surface area contributed by atoms with E-state index in [1.165, 1.54) is 6.07 Å². The number of halogens is 1. The van der Waals surface area contributed by atoms with Gasteiger partial charge in [0.25, 0.3) is 0 Å². The van der Waals surface area contributed by atoms with Crippen LogP contribution < -0.4 is 5.14 Å². The number of aromatic amines is 2. The van der Waals surface area contributed by atoms with Crippen molar-refractivity contribution in [2.45, 2.75) is 33.2 Å². The smallest absolute Gasteiger partial charge is 0.210 e. The molecule has 0 bridgehead atoms. The lowest BCUT2D eigenvalue weighted by molar-refractivity contribution is 0.592. The zero-order valence-electron chi connectivity index (χ0n) is 19.3. The lowest BCUT2D eigenvalue weighted by Crippen LogP contribution is -2.20. The van der Waals surface area contributed by atoms with Gasteiger partial charge >= 0.3 is 0 Å². The Balaban J connectivity index is 1.72. The number of sulfonamides is 1. The number of nitrogens with one attached hydrogen (secondary N) is 2. The maximum absolute atomic E-state index is 14.5. The van der Waals surface area contributed by atoms with Crippen molar-refractivity contribution in [3.05, 3.63) is 71.9 Å². The zero-order valence-corrected chi connectivity index (χ0v) is 20.1. The van der Waals surface area contributed by atoms with Gasteiger partial charge in [0, 0.05) is 57.6 Å². The van der Waals surface area contributed by atoms with Crippen LogP contribution in [0.1, 0.15) is 31.0 Å². The van der Waals surface area contributed by atoms with Crippen molar-refractivity contribution < 1.29 is 12.8 Å². The van der Waals surface area contributed by atoms with E-state index in [0.29, 0.717) is 0 Å². The predicted octanol–water partition coefficient (Wildman–Crippen LogP) is 5.64. The number of aryl methyl sites for hydroxylation is 2. The Labute approximate surface area is 197 Å². The highest BCUT2D eigenvalue weighted by atomic mass is 32.2. The molecule has 0 saturated heterocycles. The lowest BCUT2D eigenvalue weighted by Gasteiger charge is -2.14. The Morgan fingerprint density at radius 2 is 1.88 bits per heavy atom. The highest BCUT2D eigenvalue weighted by molar-refractivity contribution is 7.89. The predicted molar refractivity (Wildman–Crippen MR) is 136 cm³/mol. The molecule has 0 fully saturated rings. The van der Waals surface area contributed by atoms with Crippen LogP contribution in [0.5, 0.6) is 0 Å². The molecular weight excluding hydrogens is 451 g/mol. The van der Waals surface area contributed by atoms with E-state index in [-0.39, 0.29) is 24.0 Å². The number of hydrogen-bond donors (Lipinski definition) is 3. The summed E-state index contributed by atoms with van der Waals surface area (Å²) < 4.78 is 39.4. The van der Waals surface area contributed by atoms with Gasteiger partial charge < -0.3 is 14.5 Å². The molecule has 0 saturated carbocycles. The quantitative estimate of drug-likeness (QED) is 0.294. The number of nitrogens with two attached hydrogens (primary N) is 1. The molecule has 176 valence electrons. The van der Waals surface area contributed by atoms with Gasteiger partial charge in [-0.1, -0.05) is 26.0 Å². The number of benzene rings is 2. The molecule has 0 amide bonds. The third-order valence-electron chi connectivity index (χ3n) is 6.41. The Morgan fingerprint density at radius 3 is 2.62 bits per heavy atom.